The fraction of sp³-hybridized carbons (Fsp3) is 0.500. The van der Waals surface area contributed by atoms with Gasteiger partial charge in [0.2, 0.25) is 10.0 Å². The smallest absolute Gasteiger partial charge is 0.335 e. The number of hydrogen-bond acceptors (Lipinski definition) is 3. The summed E-state index contributed by atoms with van der Waals surface area (Å²) in [5.41, 5.74) is 0.940. The van der Waals surface area contributed by atoms with Crippen molar-refractivity contribution in [2.75, 3.05) is 0 Å². The summed E-state index contributed by atoms with van der Waals surface area (Å²) >= 11 is 0. The highest BCUT2D eigenvalue weighted by Crippen LogP contribution is 2.48. The number of benzene rings is 1. The Morgan fingerprint density at radius 1 is 1.30 bits per heavy atom. The topological polar surface area (TPSA) is 83.5 Å². The third-order valence-corrected chi connectivity index (χ3v) is 6.47. The molecule has 2 N–H and O–H groups in total. The van der Waals surface area contributed by atoms with Crippen LogP contribution in [0, 0.1) is 5.92 Å². The molecule has 0 saturated heterocycles. The van der Waals surface area contributed by atoms with E-state index in [1.165, 1.54) is 12.1 Å². The summed E-state index contributed by atoms with van der Waals surface area (Å²) in [5, 5.41) is 8.80. The molecule has 5 nitrogen and oxygen atoms in total. The van der Waals surface area contributed by atoms with Crippen molar-refractivity contribution in [1.82, 2.24) is 4.72 Å². The second-order valence-electron chi connectivity index (χ2n) is 5.55. The van der Waals surface area contributed by atoms with Crippen LogP contribution in [0.5, 0.6) is 0 Å². The molecule has 1 aromatic rings. The Kier molecular flexibility index (Phi) is 3.88. The highest BCUT2D eigenvalue weighted by atomic mass is 32.2. The third kappa shape index (κ3) is 2.71. The minimum absolute atomic E-state index is 0.0920. The van der Waals surface area contributed by atoms with Gasteiger partial charge in [-0.15, -0.1) is 0 Å². The largest absolute Gasteiger partial charge is 0.478 e. The maximum atomic E-state index is 12.3. The quantitative estimate of drug-likeness (QED) is 0.841. The molecule has 0 unspecified atom stereocenters. The molecule has 0 aliphatic heterocycles. The SMILES string of the molecule is CC(C)C1(S(=O)(=O)NCc2ccc(C(=O)O)cc2)CC1. The molecule has 1 aliphatic carbocycles. The lowest BCUT2D eigenvalue weighted by Gasteiger charge is -2.20. The van der Waals surface area contributed by atoms with Crippen LogP contribution in [0.4, 0.5) is 0 Å². The van der Waals surface area contributed by atoms with E-state index in [0.717, 1.165) is 5.56 Å². The van der Waals surface area contributed by atoms with Gasteiger partial charge in [0.1, 0.15) is 0 Å². The Morgan fingerprint density at radius 2 is 1.85 bits per heavy atom. The van der Waals surface area contributed by atoms with Crippen LogP contribution in [0.2, 0.25) is 0 Å². The molecular weight excluding hydrogens is 278 g/mol. The Balaban J connectivity index is 2.04. The molecule has 0 atom stereocenters. The highest BCUT2D eigenvalue weighted by molar-refractivity contribution is 7.91. The van der Waals surface area contributed by atoms with Crippen LogP contribution in [-0.4, -0.2) is 24.2 Å². The van der Waals surface area contributed by atoms with E-state index >= 15 is 0 Å². The summed E-state index contributed by atoms with van der Waals surface area (Å²) in [7, 11) is -3.34. The number of nitrogens with one attached hydrogen (secondary N) is 1. The van der Waals surface area contributed by atoms with Crippen molar-refractivity contribution in [3.8, 4) is 0 Å². The zero-order valence-corrected chi connectivity index (χ0v) is 12.4. The Bertz CT molecular complexity index is 601. The summed E-state index contributed by atoms with van der Waals surface area (Å²) in [4.78, 5) is 10.7. The number of sulfonamides is 1. The van der Waals surface area contributed by atoms with Crippen molar-refractivity contribution in [3.63, 3.8) is 0 Å². The van der Waals surface area contributed by atoms with Crippen LogP contribution >= 0.6 is 0 Å². The van der Waals surface area contributed by atoms with Gasteiger partial charge < -0.3 is 5.11 Å². The highest BCUT2D eigenvalue weighted by Gasteiger charge is 2.56. The number of rotatable bonds is 6. The standard InChI is InChI=1S/C14H19NO4S/c1-10(2)14(7-8-14)20(18,19)15-9-11-3-5-12(6-4-11)13(16)17/h3-6,10,15H,7-9H2,1-2H3,(H,16,17). The summed E-state index contributed by atoms with van der Waals surface area (Å²) < 4.78 is 26.6. The first-order chi connectivity index (χ1) is 9.28. The van der Waals surface area contributed by atoms with E-state index in [9.17, 15) is 13.2 Å². The summed E-state index contributed by atoms with van der Waals surface area (Å²) in [6.07, 6.45) is 1.41. The lowest BCUT2D eigenvalue weighted by Crippen LogP contribution is -2.39. The second kappa shape index (κ2) is 5.18. The predicted octanol–water partition coefficient (Wildman–Crippen LogP) is 1.99. The average Bonchev–Trinajstić information content (AvgIpc) is 3.18. The molecule has 20 heavy (non-hydrogen) atoms. The maximum Gasteiger partial charge on any atom is 0.335 e. The van der Waals surface area contributed by atoms with Gasteiger partial charge in [-0.05, 0) is 36.5 Å². The van der Waals surface area contributed by atoms with Crippen LogP contribution in [0.1, 0.15) is 42.6 Å². The number of hydrogen-bond donors (Lipinski definition) is 2. The van der Waals surface area contributed by atoms with Crippen LogP contribution in [0.3, 0.4) is 0 Å². The van der Waals surface area contributed by atoms with Gasteiger partial charge in [-0.1, -0.05) is 26.0 Å². The van der Waals surface area contributed by atoms with Crippen molar-refractivity contribution < 1.29 is 18.3 Å². The van der Waals surface area contributed by atoms with Crippen molar-refractivity contribution in [2.45, 2.75) is 38.0 Å². The molecule has 6 heteroatoms. The molecule has 0 bridgehead atoms. The van der Waals surface area contributed by atoms with Crippen molar-refractivity contribution in [1.29, 1.82) is 0 Å². The summed E-state index contributed by atoms with van der Waals surface area (Å²) in [5.74, 6) is -0.900. The van der Waals surface area contributed by atoms with Gasteiger partial charge in [0.25, 0.3) is 0 Å². The van der Waals surface area contributed by atoms with Gasteiger partial charge in [-0.3, -0.25) is 0 Å². The summed E-state index contributed by atoms with van der Waals surface area (Å²) in [6, 6.07) is 6.20. The zero-order chi connectivity index (χ0) is 15.0. The number of carboxylic acid groups (broad SMARTS) is 1. The molecule has 0 heterocycles. The molecule has 0 aromatic heterocycles. The average molecular weight is 297 g/mol. The van der Waals surface area contributed by atoms with Gasteiger partial charge >= 0.3 is 5.97 Å². The van der Waals surface area contributed by atoms with Gasteiger partial charge in [0.15, 0.2) is 0 Å². The molecule has 0 radical (unpaired) electrons. The molecule has 0 spiro atoms. The van der Waals surface area contributed by atoms with E-state index in [-0.39, 0.29) is 18.0 Å². The van der Waals surface area contributed by atoms with Crippen molar-refractivity contribution in [3.05, 3.63) is 35.4 Å². The Morgan fingerprint density at radius 3 is 2.25 bits per heavy atom. The fourth-order valence-corrected chi connectivity index (χ4v) is 4.27. The molecule has 1 aromatic carbocycles. The first kappa shape index (κ1) is 15.0. The first-order valence-electron chi connectivity index (χ1n) is 6.60. The molecule has 110 valence electrons. The van der Waals surface area contributed by atoms with Gasteiger partial charge in [0, 0.05) is 6.54 Å². The van der Waals surface area contributed by atoms with Crippen LogP contribution in [0.25, 0.3) is 0 Å². The normalized spacial score (nSPS) is 17.1. The third-order valence-electron chi connectivity index (χ3n) is 4.00. The van der Waals surface area contributed by atoms with E-state index in [1.54, 1.807) is 12.1 Å². The van der Waals surface area contributed by atoms with Crippen molar-refractivity contribution in [2.24, 2.45) is 5.92 Å². The maximum absolute atomic E-state index is 12.3. The zero-order valence-electron chi connectivity index (χ0n) is 11.6. The van der Waals surface area contributed by atoms with Gasteiger partial charge in [-0.2, -0.15) is 0 Å². The van der Waals surface area contributed by atoms with Crippen LogP contribution in [0.15, 0.2) is 24.3 Å². The number of carbonyl (C=O) groups is 1. The monoisotopic (exact) mass is 297 g/mol. The second-order valence-corrected chi connectivity index (χ2v) is 7.65. The van der Waals surface area contributed by atoms with Gasteiger partial charge in [-0.25, -0.2) is 17.9 Å². The van der Waals surface area contributed by atoms with Crippen molar-refractivity contribution >= 4 is 16.0 Å². The predicted molar refractivity (Wildman–Crippen MR) is 76.0 cm³/mol. The number of carboxylic acids is 1. The Labute approximate surface area is 119 Å². The van der Waals surface area contributed by atoms with E-state index in [1.807, 2.05) is 13.8 Å². The fourth-order valence-electron chi connectivity index (χ4n) is 2.37. The summed E-state index contributed by atoms with van der Waals surface area (Å²) in [6.45, 7) is 4.04. The lowest BCUT2D eigenvalue weighted by molar-refractivity contribution is 0.0697. The first-order valence-corrected chi connectivity index (χ1v) is 8.08. The van der Waals surface area contributed by atoms with Gasteiger partial charge in [0.05, 0.1) is 10.3 Å². The minimum Gasteiger partial charge on any atom is -0.478 e. The molecule has 0 amide bonds. The minimum atomic E-state index is -3.34. The molecule has 1 fully saturated rings. The lowest BCUT2D eigenvalue weighted by atomic mass is 10.1. The van der Waals surface area contributed by atoms with Crippen LogP contribution < -0.4 is 4.72 Å². The van der Waals surface area contributed by atoms with E-state index in [0.29, 0.717) is 12.8 Å². The van der Waals surface area contributed by atoms with E-state index in [2.05, 4.69) is 4.72 Å². The number of aromatic carboxylic acids is 1. The van der Waals surface area contributed by atoms with Crippen LogP contribution in [-0.2, 0) is 16.6 Å². The van der Waals surface area contributed by atoms with E-state index < -0.39 is 20.7 Å². The van der Waals surface area contributed by atoms with E-state index in [4.69, 9.17) is 5.11 Å². The molecular formula is C14H19NO4S. The molecule has 2 rings (SSSR count). The molecule has 1 saturated carbocycles. The molecule has 1 aliphatic rings. The Hall–Kier alpha value is -1.40.